The van der Waals surface area contributed by atoms with Crippen molar-refractivity contribution in [3.8, 4) is 17.2 Å². The average molecular weight is 428 g/mol. The predicted molar refractivity (Wildman–Crippen MR) is 115 cm³/mol. The zero-order valence-electron chi connectivity index (χ0n) is 16.7. The summed E-state index contributed by atoms with van der Waals surface area (Å²) in [5.41, 5.74) is 1.42. The van der Waals surface area contributed by atoms with E-state index < -0.39 is 12.1 Å². The second-order valence-electron chi connectivity index (χ2n) is 6.50. The molecule has 0 saturated heterocycles. The van der Waals surface area contributed by atoms with Gasteiger partial charge >= 0.3 is 5.97 Å². The normalized spacial score (nSPS) is 13.0. The zero-order chi connectivity index (χ0) is 21.5. The highest BCUT2D eigenvalue weighted by molar-refractivity contribution is 6.31. The number of hydrogen-bond donors (Lipinski definition) is 1. The number of aliphatic carboxylic acids is 1. The lowest BCUT2D eigenvalue weighted by Crippen LogP contribution is -2.25. The molecule has 0 bridgehead atoms. The Hall–Kier alpha value is -3.25. The maximum atomic E-state index is 11.2. The van der Waals surface area contributed by atoms with Gasteiger partial charge in [0.05, 0.1) is 5.69 Å². The number of carbonyl (C=O) groups is 1. The highest BCUT2D eigenvalue weighted by atomic mass is 35.5. The van der Waals surface area contributed by atoms with Crippen molar-refractivity contribution in [2.24, 2.45) is 0 Å². The molecule has 0 amide bonds. The predicted octanol–water partition coefficient (Wildman–Crippen LogP) is 6.10. The Kier molecular flexibility index (Phi) is 7.14. The van der Waals surface area contributed by atoms with Crippen molar-refractivity contribution >= 4 is 28.5 Å². The second-order valence-corrected chi connectivity index (χ2v) is 6.93. The van der Waals surface area contributed by atoms with E-state index in [2.05, 4.69) is 5.16 Å². The van der Waals surface area contributed by atoms with Gasteiger partial charge in [-0.05, 0) is 43.7 Å². The summed E-state index contributed by atoms with van der Waals surface area (Å²) in [5.74, 6) is 0.519. The van der Waals surface area contributed by atoms with E-state index in [1.54, 1.807) is 37.3 Å². The van der Waals surface area contributed by atoms with Gasteiger partial charge in [0.1, 0.15) is 17.2 Å². The minimum absolute atomic E-state index is 0.362. The Morgan fingerprint density at radius 1 is 1.23 bits per heavy atom. The number of rotatable bonds is 9. The number of halogens is 1. The van der Waals surface area contributed by atoms with Gasteiger partial charge in [0, 0.05) is 29.0 Å². The summed E-state index contributed by atoms with van der Waals surface area (Å²) in [6.07, 6.45) is 5.62. The Balaban J connectivity index is 1.73. The molecule has 7 heteroatoms. The van der Waals surface area contributed by atoms with E-state index in [1.807, 2.05) is 37.3 Å². The summed E-state index contributed by atoms with van der Waals surface area (Å²) in [4.78, 5) is 11.2. The molecule has 0 radical (unpaired) electrons. The molecule has 0 saturated carbocycles. The number of nitrogens with zero attached hydrogens (tertiary/aromatic N) is 1. The van der Waals surface area contributed by atoms with Crippen molar-refractivity contribution in [3.63, 3.8) is 0 Å². The molecule has 156 valence electrons. The molecule has 0 aliphatic carbocycles. The summed E-state index contributed by atoms with van der Waals surface area (Å²) in [6, 6.07) is 12.3. The molecule has 2 aromatic carbocycles. The number of allylic oxidation sites excluding steroid dienone is 4. The van der Waals surface area contributed by atoms with Crippen LogP contribution in [0.25, 0.3) is 11.0 Å². The van der Waals surface area contributed by atoms with Crippen molar-refractivity contribution in [1.29, 1.82) is 0 Å². The van der Waals surface area contributed by atoms with Crippen LogP contribution in [-0.2, 0) is 11.2 Å². The molecule has 1 heterocycles. The first-order valence-corrected chi connectivity index (χ1v) is 9.92. The van der Waals surface area contributed by atoms with Crippen molar-refractivity contribution in [1.82, 2.24) is 5.16 Å². The smallest absolute Gasteiger partial charge is 0.344 e. The molecule has 3 aromatic rings. The lowest BCUT2D eigenvalue weighted by atomic mass is 10.1. The molecular formula is C23H22ClNO5. The highest BCUT2D eigenvalue weighted by Gasteiger charge is 2.17. The number of fused-ring (bicyclic) bond motifs is 1. The van der Waals surface area contributed by atoms with Gasteiger partial charge in [0.2, 0.25) is 0 Å². The van der Waals surface area contributed by atoms with E-state index in [0.29, 0.717) is 40.7 Å². The Morgan fingerprint density at radius 2 is 2.00 bits per heavy atom. The fourth-order valence-corrected chi connectivity index (χ4v) is 2.87. The molecule has 6 nitrogen and oxygen atoms in total. The third-order valence-corrected chi connectivity index (χ3v) is 4.69. The standard InChI is InChI=1S/C23H22ClNO5/c1-3-15(24)7-5-10-20-19-12-11-18(14-22(19)30-25-20)28-16-8-6-9-17(13-16)29-21(4-2)23(26)27/h3,5-9,11-14,21H,4,10H2,1-2H3,(H,26,27)/b7-5-,15-3+. The van der Waals surface area contributed by atoms with Gasteiger partial charge in [-0.15, -0.1) is 0 Å². The van der Waals surface area contributed by atoms with Crippen LogP contribution < -0.4 is 9.47 Å². The number of aromatic nitrogens is 1. The molecule has 3 rings (SSSR count). The molecule has 1 unspecified atom stereocenters. The molecule has 1 N–H and O–H groups in total. The molecule has 30 heavy (non-hydrogen) atoms. The van der Waals surface area contributed by atoms with E-state index >= 15 is 0 Å². The van der Waals surface area contributed by atoms with Crippen LogP contribution in [0.2, 0.25) is 0 Å². The molecular weight excluding hydrogens is 406 g/mol. The molecule has 1 atom stereocenters. The highest BCUT2D eigenvalue weighted by Crippen LogP contribution is 2.30. The Morgan fingerprint density at radius 3 is 2.73 bits per heavy atom. The number of carboxylic acid groups (broad SMARTS) is 1. The third kappa shape index (κ3) is 5.42. The van der Waals surface area contributed by atoms with Gasteiger partial charge in [-0.1, -0.05) is 41.9 Å². The number of carboxylic acids is 1. The van der Waals surface area contributed by atoms with Crippen LogP contribution >= 0.6 is 11.6 Å². The molecule has 0 aliphatic heterocycles. The van der Waals surface area contributed by atoms with Gasteiger partial charge in [-0.3, -0.25) is 0 Å². The largest absolute Gasteiger partial charge is 0.479 e. The summed E-state index contributed by atoms with van der Waals surface area (Å²) < 4.78 is 16.8. The molecule has 0 aliphatic rings. The van der Waals surface area contributed by atoms with E-state index in [0.717, 1.165) is 11.1 Å². The molecule has 0 fully saturated rings. The lowest BCUT2D eigenvalue weighted by Gasteiger charge is -2.14. The molecule has 1 aromatic heterocycles. The average Bonchev–Trinajstić information content (AvgIpc) is 3.14. The van der Waals surface area contributed by atoms with Crippen molar-refractivity contribution in [3.05, 3.63) is 71.4 Å². The molecule has 0 spiro atoms. The number of hydrogen-bond acceptors (Lipinski definition) is 5. The number of benzene rings is 2. The van der Waals surface area contributed by atoms with Gasteiger partial charge in [0.15, 0.2) is 11.7 Å². The van der Waals surface area contributed by atoms with Crippen LogP contribution in [0, 0.1) is 0 Å². The fraction of sp³-hybridized carbons (Fsp3) is 0.217. The summed E-state index contributed by atoms with van der Waals surface area (Å²) >= 11 is 5.96. The van der Waals surface area contributed by atoms with E-state index in [9.17, 15) is 4.79 Å². The first kappa shape index (κ1) is 21.5. The first-order valence-electron chi connectivity index (χ1n) is 9.54. The van der Waals surface area contributed by atoms with Gasteiger partial charge in [-0.25, -0.2) is 4.79 Å². The Labute approximate surface area is 179 Å². The van der Waals surface area contributed by atoms with Crippen molar-refractivity contribution < 1.29 is 23.9 Å². The topological polar surface area (TPSA) is 81.8 Å². The van der Waals surface area contributed by atoms with Crippen LogP contribution in [0.1, 0.15) is 26.0 Å². The van der Waals surface area contributed by atoms with E-state index in [4.69, 9.17) is 30.7 Å². The van der Waals surface area contributed by atoms with Crippen LogP contribution in [0.5, 0.6) is 17.2 Å². The maximum Gasteiger partial charge on any atom is 0.344 e. The minimum atomic E-state index is -1.00. The fourth-order valence-electron chi connectivity index (χ4n) is 2.78. The Bertz CT molecular complexity index is 1090. The monoisotopic (exact) mass is 427 g/mol. The van der Waals surface area contributed by atoms with Crippen LogP contribution in [0.3, 0.4) is 0 Å². The second kappa shape index (κ2) is 9.98. The van der Waals surface area contributed by atoms with Crippen LogP contribution in [0.15, 0.2) is 70.2 Å². The summed E-state index contributed by atoms with van der Waals surface area (Å²) in [5, 5.41) is 14.8. The first-order chi connectivity index (χ1) is 14.5. The van der Waals surface area contributed by atoms with Gasteiger partial charge in [-0.2, -0.15) is 0 Å². The van der Waals surface area contributed by atoms with Crippen molar-refractivity contribution in [2.45, 2.75) is 32.8 Å². The maximum absolute atomic E-state index is 11.2. The summed E-state index contributed by atoms with van der Waals surface area (Å²) in [6.45, 7) is 3.63. The summed E-state index contributed by atoms with van der Waals surface area (Å²) in [7, 11) is 0. The number of ether oxygens (including phenoxy) is 2. The van der Waals surface area contributed by atoms with Crippen LogP contribution in [0.4, 0.5) is 0 Å². The quantitative estimate of drug-likeness (QED) is 0.415. The minimum Gasteiger partial charge on any atom is -0.479 e. The zero-order valence-corrected chi connectivity index (χ0v) is 17.4. The van der Waals surface area contributed by atoms with E-state index in [1.165, 1.54) is 0 Å². The van der Waals surface area contributed by atoms with Crippen LogP contribution in [-0.4, -0.2) is 22.3 Å². The van der Waals surface area contributed by atoms with Crippen molar-refractivity contribution in [2.75, 3.05) is 0 Å². The van der Waals surface area contributed by atoms with Gasteiger partial charge < -0.3 is 19.1 Å². The van der Waals surface area contributed by atoms with E-state index in [-0.39, 0.29) is 0 Å². The third-order valence-electron chi connectivity index (χ3n) is 4.35. The van der Waals surface area contributed by atoms with Gasteiger partial charge in [0.25, 0.3) is 0 Å². The lowest BCUT2D eigenvalue weighted by molar-refractivity contribution is -0.145. The SMILES string of the molecule is C/C=C(Cl)\C=C/Cc1noc2cc(Oc3cccc(OC(CC)C(=O)O)c3)ccc12.